The van der Waals surface area contributed by atoms with Crippen LogP contribution in [-0.2, 0) is 56.0 Å². The Labute approximate surface area is 469 Å². The van der Waals surface area contributed by atoms with E-state index in [-0.39, 0.29) is 103 Å². The van der Waals surface area contributed by atoms with Crippen LogP contribution in [0.5, 0.6) is 0 Å². The molecule has 7 amide bonds. The number of carbonyl (C=O) groups is 9. The standard InChI is InChI=1S/C58H88N12O10/c1-2-3-4-5-9-14-41(71)34-52(74)65-44(20-25-60)50(72)33-39-23-28-63-55(77)49(31-40-35-64-43-16-11-10-15-42(40)43)68-53(75)38(19-24-59)32-51(73)45(21-26-61)66-57(79)48(30-37-17-18-37)70-58(80)47(29-36-12-7-6-8-13-36)69-56(78)46(22-27-62)67-54(39)76/h6-8,10-13,15-16,35,37-39,41,44-49,64,71H,2-5,9,14,17-34,59-62H2,1H3,(H,63,77)(H,65,74)(H,66,79)(H,67,76)(H,68,75)(H,69,78)(H,70,80)/t38-,39-,41-,44-,45+,46+,47-,48+,49+/m1/s1. The first-order valence-electron chi connectivity index (χ1n) is 28.8. The molecule has 0 radical (unpaired) electrons. The zero-order valence-electron chi connectivity index (χ0n) is 46.4. The van der Waals surface area contributed by atoms with Gasteiger partial charge in [-0.2, -0.15) is 0 Å². The molecule has 5 rings (SSSR count). The van der Waals surface area contributed by atoms with Gasteiger partial charge in [0.2, 0.25) is 41.4 Å². The fraction of sp³-hybridized carbons (Fsp3) is 0.603. The quantitative estimate of drug-likeness (QED) is 0.0496. The van der Waals surface area contributed by atoms with E-state index in [1.165, 1.54) is 0 Å². The van der Waals surface area contributed by atoms with Gasteiger partial charge in [-0.25, -0.2) is 0 Å². The average molecular weight is 1110 g/mol. The third-order valence-electron chi connectivity index (χ3n) is 15.0. The van der Waals surface area contributed by atoms with Crippen LogP contribution in [0.4, 0.5) is 0 Å². The number of ketones is 2. The number of amides is 7. The summed E-state index contributed by atoms with van der Waals surface area (Å²) >= 11 is 0. The Balaban J connectivity index is 1.51. The van der Waals surface area contributed by atoms with E-state index in [1.54, 1.807) is 36.5 Å². The Morgan fingerprint density at radius 3 is 1.93 bits per heavy atom. The number of aliphatic hydroxyl groups is 1. The third-order valence-corrected chi connectivity index (χ3v) is 15.0. The molecule has 1 saturated heterocycles. The van der Waals surface area contributed by atoms with Crippen molar-refractivity contribution >= 4 is 63.8 Å². The molecule has 3 aromatic rings. The number of nitrogens with one attached hydrogen (secondary N) is 8. The number of rotatable bonds is 26. The molecular formula is C58H88N12O10. The number of para-hydroxylation sites is 1. The number of aromatic amines is 1. The number of H-pyrrole nitrogens is 1. The van der Waals surface area contributed by atoms with Gasteiger partial charge in [0, 0.05) is 61.2 Å². The molecule has 9 atom stereocenters. The van der Waals surface area contributed by atoms with E-state index in [1.807, 2.05) is 24.3 Å². The molecule has 1 aliphatic heterocycles. The lowest BCUT2D eigenvalue weighted by Crippen LogP contribution is -2.59. The van der Waals surface area contributed by atoms with Crippen LogP contribution in [0.25, 0.3) is 10.9 Å². The van der Waals surface area contributed by atoms with Gasteiger partial charge in [-0.05, 0) is 94.2 Å². The maximum atomic E-state index is 14.6. The summed E-state index contributed by atoms with van der Waals surface area (Å²) in [6.45, 7) is 1.77. The molecule has 1 aromatic heterocycles. The van der Waals surface area contributed by atoms with Crippen LogP contribution >= 0.6 is 0 Å². The van der Waals surface area contributed by atoms with Crippen LogP contribution in [0.3, 0.4) is 0 Å². The number of carbonyl (C=O) groups excluding carboxylic acids is 9. The normalized spacial score (nSPS) is 23.2. The number of benzene rings is 2. The van der Waals surface area contributed by atoms with Crippen molar-refractivity contribution in [2.75, 3.05) is 32.7 Å². The Morgan fingerprint density at radius 2 is 1.23 bits per heavy atom. The van der Waals surface area contributed by atoms with Crippen molar-refractivity contribution in [3.05, 3.63) is 71.9 Å². The number of fused-ring (bicyclic) bond motifs is 1. The Bertz CT molecular complexity index is 2510. The molecule has 0 spiro atoms. The SMILES string of the molecule is CCCCCCC[C@@H](O)CC(=O)N[C@H](CCN)C(=O)C[C@H]1CCNC(=O)[C@H](Cc2c[nH]c3ccccc23)NC(=O)[C@H](CCN)CC(=O)[C@H](CCN)NC(=O)[C@H](CC2CC2)NC(=O)[C@@H](Cc2ccccc2)NC(=O)[C@H](CCN)NC1=O. The molecule has 440 valence electrons. The molecule has 2 aromatic carbocycles. The van der Waals surface area contributed by atoms with Crippen molar-refractivity contribution in [2.45, 2.75) is 171 Å². The lowest BCUT2D eigenvalue weighted by molar-refractivity contribution is -0.136. The monoisotopic (exact) mass is 1110 g/mol. The number of Topliss-reactive ketones (excluding diaryl/α,β-unsaturated/α-hetero) is 2. The minimum absolute atomic E-state index is 0.0000477. The first-order valence-corrected chi connectivity index (χ1v) is 28.8. The van der Waals surface area contributed by atoms with Crippen LogP contribution in [0, 0.1) is 17.8 Å². The molecule has 22 nitrogen and oxygen atoms in total. The largest absolute Gasteiger partial charge is 0.393 e. The van der Waals surface area contributed by atoms with Gasteiger partial charge in [0.1, 0.15) is 24.2 Å². The molecule has 2 heterocycles. The average Bonchev–Trinajstić information content (AvgIpc) is 4.17. The van der Waals surface area contributed by atoms with Crippen molar-refractivity contribution in [3.8, 4) is 0 Å². The first-order chi connectivity index (χ1) is 38.6. The summed E-state index contributed by atoms with van der Waals surface area (Å²) in [7, 11) is 0. The third kappa shape index (κ3) is 21.1. The highest BCUT2D eigenvalue weighted by molar-refractivity contribution is 5.98. The van der Waals surface area contributed by atoms with Crippen molar-refractivity contribution in [2.24, 2.45) is 40.7 Å². The number of hydrogen-bond donors (Lipinski definition) is 13. The molecule has 22 heteroatoms. The van der Waals surface area contributed by atoms with E-state index in [9.17, 15) is 48.3 Å². The summed E-state index contributed by atoms with van der Waals surface area (Å²) < 4.78 is 0. The minimum atomic E-state index is -1.35. The first kappa shape index (κ1) is 64.2. The maximum absolute atomic E-state index is 14.6. The van der Waals surface area contributed by atoms with Crippen LogP contribution in [0.2, 0.25) is 0 Å². The molecule has 0 bridgehead atoms. The molecule has 2 aliphatic rings. The molecule has 1 aliphatic carbocycles. The smallest absolute Gasteiger partial charge is 0.243 e. The summed E-state index contributed by atoms with van der Waals surface area (Å²) in [5, 5.41) is 31.0. The number of nitrogens with two attached hydrogens (primary N) is 4. The Kier molecular flexibility index (Phi) is 27.2. The highest BCUT2D eigenvalue weighted by atomic mass is 16.3. The topological polar surface area (TPSA) is 378 Å². The minimum Gasteiger partial charge on any atom is -0.393 e. The van der Waals surface area contributed by atoms with Gasteiger partial charge in [-0.1, -0.05) is 100 Å². The van der Waals surface area contributed by atoms with Crippen molar-refractivity contribution in [3.63, 3.8) is 0 Å². The summed E-state index contributed by atoms with van der Waals surface area (Å²) in [6, 6.07) is 8.92. The Morgan fingerprint density at radius 1 is 0.625 bits per heavy atom. The predicted octanol–water partition coefficient (Wildman–Crippen LogP) is 0.839. The maximum Gasteiger partial charge on any atom is 0.243 e. The molecule has 1 saturated carbocycles. The van der Waals surface area contributed by atoms with Crippen molar-refractivity contribution in [1.29, 1.82) is 0 Å². The number of aromatic nitrogens is 1. The summed E-state index contributed by atoms with van der Waals surface area (Å²) in [4.78, 5) is 132. The summed E-state index contributed by atoms with van der Waals surface area (Å²) in [5.74, 6) is -8.07. The van der Waals surface area contributed by atoms with Gasteiger partial charge in [0.05, 0.1) is 24.6 Å². The molecule has 17 N–H and O–H groups in total. The van der Waals surface area contributed by atoms with Crippen molar-refractivity contribution < 1.29 is 48.3 Å². The van der Waals surface area contributed by atoms with Gasteiger partial charge in [0.25, 0.3) is 0 Å². The summed E-state index contributed by atoms with van der Waals surface area (Å²) in [6.07, 6.45) is 6.47. The van der Waals surface area contributed by atoms with E-state index in [2.05, 4.69) is 49.1 Å². The second-order valence-electron chi connectivity index (χ2n) is 21.5. The fourth-order valence-electron chi connectivity index (χ4n) is 10.2. The molecule has 80 heavy (non-hydrogen) atoms. The Hall–Kier alpha value is -6.59. The van der Waals surface area contributed by atoms with Gasteiger partial charge < -0.3 is 70.2 Å². The molecule has 0 unspecified atom stereocenters. The second kappa shape index (κ2) is 33.9. The lowest BCUT2D eigenvalue weighted by atomic mass is 9.92. The van der Waals surface area contributed by atoms with Crippen molar-refractivity contribution in [1.82, 2.24) is 42.2 Å². The highest BCUT2D eigenvalue weighted by Gasteiger charge is 2.37. The van der Waals surface area contributed by atoms with Crippen LogP contribution in [0.1, 0.15) is 127 Å². The van der Waals surface area contributed by atoms with E-state index in [0.717, 1.165) is 55.8 Å². The van der Waals surface area contributed by atoms with Crippen LogP contribution in [-0.4, -0.2) is 138 Å². The van der Waals surface area contributed by atoms with E-state index in [4.69, 9.17) is 22.9 Å². The van der Waals surface area contributed by atoms with Gasteiger partial charge in [0.15, 0.2) is 11.6 Å². The van der Waals surface area contributed by atoms with Gasteiger partial charge in [-0.15, -0.1) is 0 Å². The molecule has 2 fully saturated rings. The van der Waals surface area contributed by atoms with Crippen LogP contribution < -0.4 is 60.2 Å². The number of aliphatic hydroxyl groups excluding tert-OH is 1. The summed E-state index contributed by atoms with van der Waals surface area (Å²) in [5.41, 5.74) is 26.1. The van der Waals surface area contributed by atoms with E-state index >= 15 is 0 Å². The number of unbranched alkanes of at least 4 members (excludes halogenated alkanes) is 4. The highest BCUT2D eigenvalue weighted by Crippen LogP contribution is 2.34. The number of hydrogen-bond acceptors (Lipinski definition) is 14. The van der Waals surface area contributed by atoms with Gasteiger partial charge in [-0.3, -0.25) is 43.2 Å². The zero-order chi connectivity index (χ0) is 58.0. The molecular weight excluding hydrogens is 1020 g/mol. The van der Waals surface area contributed by atoms with Crippen LogP contribution in [0.15, 0.2) is 60.8 Å². The lowest BCUT2D eigenvalue weighted by Gasteiger charge is -2.27. The fourth-order valence-corrected chi connectivity index (χ4v) is 10.2. The van der Waals surface area contributed by atoms with E-state index < -0.39 is 114 Å². The predicted molar refractivity (Wildman–Crippen MR) is 304 cm³/mol. The van der Waals surface area contributed by atoms with Gasteiger partial charge >= 0.3 is 0 Å². The second-order valence-corrected chi connectivity index (χ2v) is 21.5. The zero-order valence-corrected chi connectivity index (χ0v) is 46.4. The van der Waals surface area contributed by atoms with E-state index in [0.29, 0.717) is 17.5 Å².